The Hall–Kier alpha value is -4.35. The van der Waals surface area contributed by atoms with E-state index in [4.69, 9.17) is 12.2 Å². The first-order chi connectivity index (χ1) is 17.9. The molecule has 4 nitrogen and oxygen atoms in total. The average Bonchev–Trinajstić information content (AvgIpc) is 2.88. The number of aryl methyl sites for hydroxylation is 2. The van der Waals surface area contributed by atoms with Crippen LogP contribution in [0.2, 0.25) is 0 Å². The molecule has 1 aliphatic heterocycles. The molecule has 0 aromatic heterocycles. The van der Waals surface area contributed by atoms with Gasteiger partial charge in [0, 0.05) is 0 Å². The Labute approximate surface area is 222 Å². The van der Waals surface area contributed by atoms with Gasteiger partial charge in [-0.1, -0.05) is 90.0 Å². The quantitative estimate of drug-likeness (QED) is 0.174. The van der Waals surface area contributed by atoms with Crippen molar-refractivity contribution in [3.8, 4) is 0 Å². The van der Waals surface area contributed by atoms with Crippen LogP contribution in [-0.2, 0) is 16.0 Å². The molecule has 1 saturated heterocycles. The summed E-state index contributed by atoms with van der Waals surface area (Å²) in [4.78, 5) is 30.5. The van der Waals surface area contributed by atoms with Crippen LogP contribution in [0, 0.1) is 13.8 Å². The van der Waals surface area contributed by atoms with Gasteiger partial charge in [0.1, 0.15) is 5.57 Å². The highest BCUT2D eigenvalue weighted by atomic mass is 32.1. The molecule has 4 aromatic rings. The fourth-order valence-electron chi connectivity index (χ4n) is 4.72. The number of rotatable bonds is 5. The minimum absolute atomic E-state index is 0.0641. The molecule has 2 amide bonds. The van der Waals surface area contributed by atoms with Crippen LogP contribution >= 0.6 is 12.2 Å². The number of hydrogen-bond donors (Lipinski definition) is 0. The van der Waals surface area contributed by atoms with E-state index in [0.717, 1.165) is 11.1 Å². The molecule has 0 radical (unpaired) electrons. The lowest BCUT2D eigenvalue weighted by atomic mass is 9.95. The number of hydrogen-bond acceptors (Lipinski definition) is 3. The summed E-state index contributed by atoms with van der Waals surface area (Å²) >= 11 is 5.70. The first kappa shape index (κ1) is 24.3. The van der Waals surface area contributed by atoms with Crippen molar-refractivity contribution in [2.75, 3.05) is 9.80 Å². The monoisotopic (exact) mass is 502 g/mol. The lowest BCUT2D eigenvalue weighted by molar-refractivity contribution is -0.120. The van der Waals surface area contributed by atoms with E-state index < -0.39 is 11.8 Å². The van der Waals surface area contributed by atoms with Gasteiger partial charge in [-0.3, -0.25) is 19.4 Å². The topological polar surface area (TPSA) is 40.6 Å². The summed E-state index contributed by atoms with van der Waals surface area (Å²) in [6.07, 6.45) is 2.39. The maximum atomic E-state index is 13.8. The van der Waals surface area contributed by atoms with E-state index in [1.165, 1.54) is 26.5 Å². The van der Waals surface area contributed by atoms with Crippen molar-refractivity contribution in [3.05, 3.63) is 137 Å². The molecule has 4 aromatic carbocycles. The minimum atomic E-state index is -0.436. The van der Waals surface area contributed by atoms with Crippen molar-refractivity contribution < 1.29 is 9.59 Å². The highest BCUT2D eigenvalue weighted by Crippen LogP contribution is 2.30. The summed E-state index contributed by atoms with van der Waals surface area (Å²) in [6, 6.07) is 32.7. The number of carbonyl (C=O) groups excluding carboxylic acids is 2. The van der Waals surface area contributed by atoms with Crippen LogP contribution < -0.4 is 9.80 Å². The highest BCUT2D eigenvalue weighted by Gasteiger charge is 2.41. The molecule has 1 heterocycles. The Bertz CT molecular complexity index is 1440. The molecule has 0 saturated carbocycles. The molecule has 0 bridgehead atoms. The van der Waals surface area contributed by atoms with E-state index in [9.17, 15) is 9.59 Å². The summed E-state index contributed by atoms with van der Waals surface area (Å²) in [5, 5.41) is 0.132. The molecular formula is C32H26N2O2S. The van der Waals surface area contributed by atoms with Crippen LogP contribution in [0.15, 0.2) is 109 Å². The second-order valence-electron chi connectivity index (χ2n) is 9.16. The fourth-order valence-corrected chi connectivity index (χ4v) is 5.10. The molecule has 0 atom stereocenters. The number of thiocarbonyl (C=S) groups is 1. The van der Waals surface area contributed by atoms with E-state index in [1.54, 1.807) is 6.08 Å². The van der Waals surface area contributed by atoms with E-state index in [1.807, 2.05) is 84.9 Å². The Morgan fingerprint density at radius 1 is 0.676 bits per heavy atom. The van der Waals surface area contributed by atoms with Gasteiger partial charge < -0.3 is 0 Å². The summed E-state index contributed by atoms with van der Waals surface area (Å²) < 4.78 is 0. The molecule has 5 rings (SSSR count). The maximum Gasteiger partial charge on any atom is 0.270 e. The molecule has 1 aliphatic rings. The van der Waals surface area contributed by atoms with Crippen molar-refractivity contribution in [2.24, 2.45) is 0 Å². The summed E-state index contributed by atoms with van der Waals surface area (Å²) in [5.74, 6) is -0.871. The van der Waals surface area contributed by atoms with E-state index in [2.05, 4.69) is 32.0 Å². The standard InChI is InChI=1S/C32H26N2O2S/c1-22-17-23(2)19-24(18-22)20-25-11-9-10-12-26(25)21-29-30(35)33(27-13-5-3-6-14-27)32(37)34(31(29)36)28-15-7-4-8-16-28/h3-19,21H,20H2,1-2H3. The Kier molecular flexibility index (Phi) is 6.80. The Balaban J connectivity index is 1.61. The van der Waals surface area contributed by atoms with Gasteiger partial charge >= 0.3 is 0 Å². The zero-order chi connectivity index (χ0) is 25.9. The van der Waals surface area contributed by atoms with Crippen molar-refractivity contribution >= 4 is 46.6 Å². The third kappa shape index (κ3) is 4.99. The SMILES string of the molecule is Cc1cc(C)cc(Cc2ccccc2C=C2C(=O)N(c3ccccc3)C(=S)N(c3ccccc3)C2=O)c1. The predicted octanol–water partition coefficient (Wildman–Crippen LogP) is 6.64. The van der Waals surface area contributed by atoms with E-state index >= 15 is 0 Å². The van der Waals surface area contributed by atoms with Gasteiger partial charge in [0.15, 0.2) is 5.11 Å². The van der Waals surface area contributed by atoms with E-state index in [-0.39, 0.29) is 10.7 Å². The van der Waals surface area contributed by atoms with Gasteiger partial charge in [0.25, 0.3) is 11.8 Å². The Morgan fingerprint density at radius 2 is 1.16 bits per heavy atom. The van der Waals surface area contributed by atoms with Crippen LogP contribution in [0.1, 0.15) is 27.8 Å². The van der Waals surface area contributed by atoms with Gasteiger partial charge in [0.2, 0.25) is 0 Å². The Morgan fingerprint density at radius 3 is 1.70 bits per heavy atom. The zero-order valence-electron chi connectivity index (χ0n) is 20.7. The first-order valence-corrected chi connectivity index (χ1v) is 12.5. The smallest absolute Gasteiger partial charge is 0.268 e. The summed E-state index contributed by atoms with van der Waals surface area (Å²) in [7, 11) is 0. The summed E-state index contributed by atoms with van der Waals surface area (Å²) in [6.45, 7) is 4.17. The number of carbonyl (C=O) groups is 2. The highest BCUT2D eigenvalue weighted by molar-refractivity contribution is 7.81. The van der Waals surface area contributed by atoms with Crippen LogP contribution in [0.4, 0.5) is 11.4 Å². The molecular weight excluding hydrogens is 476 g/mol. The molecule has 0 spiro atoms. The van der Waals surface area contributed by atoms with E-state index in [0.29, 0.717) is 17.8 Å². The maximum absolute atomic E-state index is 13.8. The van der Waals surface area contributed by atoms with Gasteiger partial charge in [-0.05, 0) is 79.5 Å². The largest absolute Gasteiger partial charge is 0.270 e. The predicted molar refractivity (Wildman–Crippen MR) is 154 cm³/mol. The third-order valence-electron chi connectivity index (χ3n) is 6.31. The zero-order valence-corrected chi connectivity index (χ0v) is 21.5. The minimum Gasteiger partial charge on any atom is -0.268 e. The fraction of sp³-hybridized carbons (Fsp3) is 0.0938. The summed E-state index contributed by atoms with van der Waals surface area (Å²) in [5.41, 5.74) is 6.74. The number of anilines is 2. The molecule has 37 heavy (non-hydrogen) atoms. The molecule has 0 aliphatic carbocycles. The van der Waals surface area contributed by atoms with Crippen LogP contribution in [0.5, 0.6) is 0 Å². The molecule has 0 N–H and O–H groups in total. The molecule has 1 fully saturated rings. The third-order valence-corrected chi connectivity index (χ3v) is 6.67. The lowest BCUT2D eigenvalue weighted by Gasteiger charge is -2.36. The van der Waals surface area contributed by atoms with Crippen molar-refractivity contribution in [1.82, 2.24) is 0 Å². The van der Waals surface area contributed by atoms with Crippen LogP contribution in [0.25, 0.3) is 6.08 Å². The van der Waals surface area contributed by atoms with Gasteiger partial charge in [-0.25, -0.2) is 0 Å². The second-order valence-corrected chi connectivity index (χ2v) is 9.53. The lowest BCUT2D eigenvalue weighted by Crippen LogP contribution is -2.56. The molecule has 5 heteroatoms. The normalized spacial score (nSPS) is 13.8. The van der Waals surface area contributed by atoms with Crippen LogP contribution in [0.3, 0.4) is 0 Å². The second kappa shape index (κ2) is 10.3. The van der Waals surface area contributed by atoms with Crippen molar-refractivity contribution in [1.29, 1.82) is 0 Å². The van der Waals surface area contributed by atoms with Crippen LogP contribution in [-0.4, -0.2) is 16.9 Å². The van der Waals surface area contributed by atoms with Crippen molar-refractivity contribution in [3.63, 3.8) is 0 Å². The first-order valence-electron chi connectivity index (χ1n) is 12.1. The van der Waals surface area contributed by atoms with Gasteiger partial charge in [0.05, 0.1) is 11.4 Å². The number of amides is 2. The molecule has 0 unspecified atom stereocenters. The average molecular weight is 503 g/mol. The van der Waals surface area contributed by atoms with Gasteiger partial charge in [-0.15, -0.1) is 0 Å². The van der Waals surface area contributed by atoms with Gasteiger partial charge in [-0.2, -0.15) is 0 Å². The number of para-hydroxylation sites is 2. The number of benzene rings is 4. The van der Waals surface area contributed by atoms with Crippen molar-refractivity contribution in [2.45, 2.75) is 20.3 Å². The number of nitrogens with zero attached hydrogens (tertiary/aromatic N) is 2. The molecule has 182 valence electrons.